The first-order chi connectivity index (χ1) is 12.9. The second kappa shape index (κ2) is 8.22. The lowest BCUT2D eigenvalue weighted by atomic mass is 9.95. The summed E-state index contributed by atoms with van der Waals surface area (Å²) in [6.45, 7) is -2.14. The number of hydrogen-bond acceptors (Lipinski definition) is 13. The van der Waals surface area contributed by atoms with Gasteiger partial charge in [0.15, 0.2) is 6.10 Å². The fraction of sp³-hybridized carbons (Fsp3) is 0.929. The van der Waals surface area contributed by atoms with Crippen molar-refractivity contribution >= 4 is 17.6 Å². The van der Waals surface area contributed by atoms with Crippen LogP contribution in [0.25, 0.3) is 0 Å². The summed E-state index contributed by atoms with van der Waals surface area (Å²) in [5.41, 5.74) is 0. The normalized spacial score (nSPS) is 49.2. The molecule has 0 aromatic rings. The van der Waals surface area contributed by atoms with Crippen molar-refractivity contribution in [3.63, 3.8) is 0 Å². The summed E-state index contributed by atoms with van der Waals surface area (Å²) in [5, 5.41) is 76.1. The number of alkyl halides is 1. The standard InChI is InChI=1S/C14H23ClO13/c1-5(19)25-13(24)11(23)9(21)7(3-17)27-14(13,15)28-12(4-18)10(22)8(20)6(2-16)26-12/h6-11,16-18,20-24H,2-4H2,1H3/t6-,7-,8-,9-,10+,11+,12?,13+,14-/m1/s1. The summed E-state index contributed by atoms with van der Waals surface area (Å²) in [5.74, 6) is -7.14. The molecule has 8 N–H and O–H groups in total. The third-order valence-corrected chi connectivity index (χ3v) is 4.96. The van der Waals surface area contributed by atoms with Crippen LogP contribution in [0.3, 0.4) is 0 Å². The number of hydrogen-bond donors (Lipinski definition) is 8. The number of carbonyl (C=O) groups excluding carboxylic acids is 1. The van der Waals surface area contributed by atoms with E-state index in [4.69, 9.17) is 25.8 Å². The average molecular weight is 435 g/mol. The van der Waals surface area contributed by atoms with Crippen LogP contribution in [0.5, 0.6) is 0 Å². The minimum absolute atomic E-state index is 0.811. The molecule has 164 valence electrons. The Morgan fingerprint density at radius 2 is 1.50 bits per heavy atom. The van der Waals surface area contributed by atoms with E-state index in [2.05, 4.69) is 4.74 Å². The molecule has 2 rings (SSSR count). The molecule has 0 aliphatic carbocycles. The topological polar surface area (TPSA) is 216 Å². The number of halogens is 1. The van der Waals surface area contributed by atoms with Gasteiger partial charge in [-0.1, -0.05) is 0 Å². The van der Waals surface area contributed by atoms with Crippen molar-refractivity contribution in [3.8, 4) is 0 Å². The Morgan fingerprint density at radius 3 is 1.93 bits per heavy atom. The lowest BCUT2D eigenvalue weighted by molar-refractivity contribution is -0.465. The van der Waals surface area contributed by atoms with Crippen LogP contribution in [-0.2, 0) is 23.7 Å². The van der Waals surface area contributed by atoms with E-state index in [9.17, 15) is 45.6 Å². The molecular formula is C14H23ClO13. The SMILES string of the molecule is CC(=O)O[C@@]1(O)[C@@H](O)[C@H](O)[C@@H](CO)O[C@@]1(Cl)OC1(CO)O[C@H](CO)[C@@H](O)[C@@H]1O. The van der Waals surface area contributed by atoms with Crippen molar-refractivity contribution in [2.45, 2.75) is 60.4 Å². The Labute approximate surface area is 163 Å². The third-order valence-electron chi connectivity index (χ3n) is 4.53. The van der Waals surface area contributed by atoms with Crippen LogP contribution < -0.4 is 0 Å². The molecule has 2 saturated heterocycles. The van der Waals surface area contributed by atoms with Crippen LogP contribution in [0.1, 0.15) is 6.92 Å². The molecular weight excluding hydrogens is 412 g/mol. The monoisotopic (exact) mass is 434 g/mol. The molecule has 9 atom stereocenters. The van der Waals surface area contributed by atoms with Crippen molar-refractivity contribution in [2.75, 3.05) is 19.8 Å². The molecule has 28 heavy (non-hydrogen) atoms. The van der Waals surface area contributed by atoms with Crippen LogP contribution in [0, 0.1) is 0 Å². The highest BCUT2D eigenvalue weighted by Crippen LogP contribution is 2.48. The molecule has 14 heteroatoms. The summed E-state index contributed by atoms with van der Waals surface area (Å²) in [4.78, 5) is 11.4. The van der Waals surface area contributed by atoms with Crippen molar-refractivity contribution in [2.24, 2.45) is 0 Å². The van der Waals surface area contributed by atoms with Gasteiger partial charge in [0.1, 0.15) is 37.1 Å². The maximum Gasteiger partial charge on any atom is 0.322 e. The van der Waals surface area contributed by atoms with E-state index in [0.717, 1.165) is 6.92 Å². The number of ether oxygens (including phenoxy) is 4. The smallest absolute Gasteiger partial charge is 0.322 e. The van der Waals surface area contributed by atoms with Crippen molar-refractivity contribution in [1.29, 1.82) is 0 Å². The highest BCUT2D eigenvalue weighted by atomic mass is 35.5. The van der Waals surface area contributed by atoms with Crippen molar-refractivity contribution < 1.29 is 64.6 Å². The molecule has 2 heterocycles. The highest BCUT2D eigenvalue weighted by Gasteiger charge is 2.72. The summed E-state index contributed by atoms with van der Waals surface area (Å²) in [6.07, 6.45) is -11.3. The molecule has 2 aliphatic rings. The van der Waals surface area contributed by atoms with E-state index in [-0.39, 0.29) is 0 Å². The molecule has 0 aromatic heterocycles. The van der Waals surface area contributed by atoms with Gasteiger partial charge in [-0.2, -0.15) is 0 Å². The number of rotatable bonds is 6. The van der Waals surface area contributed by atoms with Crippen molar-refractivity contribution in [3.05, 3.63) is 0 Å². The first-order valence-electron chi connectivity index (χ1n) is 8.13. The predicted octanol–water partition coefficient (Wildman–Crippen LogP) is -4.94. The van der Waals surface area contributed by atoms with E-state index in [1.165, 1.54) is 0 Å². The zero-order chi connectivity index (χ0) is 21.5. The quantitative estimate of drug-likeness (QED) is 0.112. The second-order valence-corrected chi connectivity index (χ2v) is 6.94. The van der Waals surface area contributed by atoms with Gasteiger partial charge in [0.05, 0.1) is 13.2 Å². The van der Waals surface area contributed by atoms with Gasteiger partial charge in [0.2, 0.25) is 5.79 Å². The molecule has 2 fully saturated rings. The van der Waals surface area contributed by atoms with Gasteiger partial charge in [-0.25, -0.2) is 0 Å². The van der Waals surface area contributed by atoms with Gasteiger partial charge in [0, 0.05) is 6.92 Å². The lowest BCUT2D eigenvalue weighted by Crippen LogP contribution is -2.75. The molecule has 0 aromatic carbocycles. The third kappa shape index (κ3) is 3.62. The predicted molar refractivity (Wildman–Crippen MR) is 84.1 cm³/mol. The fourth-order valence-corrected chi connectivity index (χ4v) is 3.41. The first-order valence-corrected chi connectivity index (χ1v) is 8.50. The van der Waals surface area contributed by atoms with Gasteiger partial charge >= 0.3 is 17.0 Å². The van der Waals surface area contributed by atoms with Crippen LogP contribution >= 0.6 is 11.6 Å². The number of aliphatic hydroxyl groups excluding tert-OH is 7. The van der Waals surface area contributed by atoms with Crippen molar-refractivity contribution in [1.82, 2.24) is 0 Å². The van der Waals surface area contributed by atoms with Gasteiger partial charge in [0.25, 0.3) is 0 Å². The summed E-state index contributed by atoms with van der Waals surface area (Å²) >= 11 is 6.11. The average Bonchev–Trinajstić information content (AvgIpc) is 2.88. The lowest BCUT2D eigenvalue weighted by Gasteiger charge is -2.52. The maximum absolute atomic E-state index is 11.4. The van der Waals surface area contributed by atoms with E-state index >= 15 is 0 Å². The first kappa shape index (κ1) is 23.6. The van der Waals surface area contributed by atoms with Gasteiger partial charge in [-0.15, -0.1) is 0 Å². The maximum atomic E-state index is 11.4. The van der Waals surface area contributed by atoms with E-state index in [1.807, 2.05) is 0 Å². The molecule has 1 unspecified atom stereocenters. The Kier molecular flexibility index (Phi) is 6.92. The minimum Gasteiger partial charge on any atom is -0.423 e. The van der Waals surface area contributed by atoms with Crippen LogP contribution in [-0.4, -0.2) is 120 Å². The Hall–Kier alpha value is -0.680. The summed E-state index contributed by atoms with van der Waals surface area (Å²) in [6, 6.07) is 0. The van der Waals surface area contributed by atoms with Crippen LogP contribution in [0.4, 0.5) is 0 Å². The Morgan fingerprint density at radius 1 is 1.00 bits per heavy atom. The summed E-state index contributed by atoms with van der Waals surface area (Å²) in [7, 11) is 0. The van der Waals surface area contributed by atoms with E-state index < -0.39 is 79.2 Å². The van der Waals surface area contributed by atoms with Gasteiger partial charge in [-0.3, -0.25) is 9.53 Å². The fourth-order valence-electron chi connectivity index (χ4n) is 3.02. The summed E-state index contributed by atoms with van der Waals surface area (Å²) < 4.78 is 20.0. The van der Waals surface area contributed by atoms with Gasteiger partial charge in [-0.05, 0) is 11.6 Å². The minimum atomic E-state index is -3.32. The van der Waals surface area contributed by atoms with Gasteiger partial charge < -0.3 is 55.1 Å². The van der Waals surface area contributed by atoms with E-state index in [0.29, 0.717) is 0 Å². The van der Waals surface area contributed by atoms with Crippen LogP contribution in [0.15, 0.2) is 0 Å². The molecule has 0 radical (unpaired) electrons. The van der Waals surface area contributed by atoms with Crippen LogP contribution in [0.2, 0.25) is 0 Å². The molecule has 0 amide bonds. The number of carbonyl (C=O) groups is 1. The number of esters is 1. The largest absolute Gasteiger partial charge is 0.423 e. The highest BCUT2D eigenvalue weighted by molar-refractivity contribution is 6.22. The molecule has 0 bridgehead atoms. The Bertz CT molecular complexity index is 579. The molecule has 13 nitrogen and oxygen atoms in total. The zero-order valence-corrected chi connectivity index (χ0v) is 15.3. The number of aliphatic hydroxyl groups is 8. The zero-order valence-electron chi connectivity index (χ0n) is 14.6. The molecule has 0 saturated carbocycles. The van der Waals surface area contributed by atoms with E-state index in [1.54, 1.807) is 0 Å². The molecule has 0 spiro atoms. The molecule has 2 aliphatic heterocycles. The second-order valence-electron chi connectivity index (χ2n) is 6.45. The Balaban J connectivity index is 2.49.